The Labute approximate surface area is 177 Å². The zero-order valence-electron chi connectivity index (χ0n) is 17.1. The van der Waals surface area contributed by atoms with E-state index < -0.39 is 10.8 Å². The van der Waals surface area contributed by atoms with Gasteiger partial charge in [0.1, 0.15) is 5.82 Å². The van der Waals surface area contributed by atoms with Gasteiger partial charge < -0.3 is 5.32 Å². The number of carbonyl (C=O) groups excluding carboxylic acids is 2. The van der Waals surface area contributed by atoms with Gasteiger partial charge in [0, 0.05) is 33.1 Å². The molecular weight excluding hydrogens is 398 g/mol. The second-order valence-electron chi connectivity index (χ2n) is 8.31. The molecule has 30 heavy (non-hydrogen) atoms. The Morgan fingerprint density at radius 2 is 1.53 bits per heavy atom. The maximum absolute atomic E-state index is 12.9. The molecule has 7 heteroatoms. The van der Waals surface area contributed by atoms with E-state index >= 15 is 0 Å². The van der Waals surface area contributed by atoms with Crippen LogP contribution in [0.4, 0.5) is 5.82 Å². The molecule has 2 heterocycles. The standard InChI is InChI=1S/C23H23N3O3S/c1-23(2,3)26-21(18-13-30(29)14-19(18)25-26)24-22(28)17-11-9-16(10-12-17)20(27)15-7-5-4-6-8-15/h4-12H,13-14H2,1-3H3,(H,24,28). The second-order valence-corrected chi connectivity index (χ2v) is 9.77. The molecule has 0 aliphatic carbocycles. The minimum Gasteiger partial charge on any atom is -0.306 e. The highest BCUT2D eigenvalue weighted by molar-refractivity contribution is 7.83. The SMILES string of the molecule is CC(C)(C)n1nc2c(c1NC(=O)c1ccc(C(=O)c3ccccc3)cc1)CS(=O)C2. The summed E-state index contributed by atoms with van der Waals surface area (Å²) in [6.45, 7) is 6.02. The molecule has 0 saturated carbocycles. The Kier molecular flexibility index (Phi) is 5.15. The van der Waals surface area contributed by atoms with Crippen molar-refractivity contribution in [2.45, 2.75) is 37.8 Å². The average Bonchev–Trinajstić information content (AvgIpc) is 3.25. The summed E-state index contributed by atoms with van der Waals surface area (Å²) in [5.74, 6) is 1.02. The van der Waals surface area contributed by atoms with Crippen LogP contribution >= 0.6 is 0 Å². The fraction of sp³-hybridized carbons (Fsp3) is 0.261. The first-order valence-corrected chi connectivity index (χ1v) is 11.2. The van der Waals surface area contributed by atoms with Crippen molar-refractivity contribution in [2.75, 3.05) is 5.32 Å². The highest BCUT2D eigenvalue weighted by Gasteiger charge is 2.31. The van der Waals surface area contributed by atoms with Crippen LogP contribution in [0.2, 0.25) is 0 Å². The van der Waals surface area contributed by atoms with Crippen LogP contribution in [0.3, 0.4) is 0 Å². The number of fused-ring (bicyclic) bond motifs is 1. The fourth-order valence-corrected chi connectivity index (χ4v) is 4.71. The van der Waals surface area contributed by atoms with Crippen molar-refractivity contribution in [3.8, 4) is 0 Å². The monoisotopic (exact) mass is 421 g/mol. The van der Waals surface area contributed by atoms with Gasteiger partial charge in [-0.3, -0.25) is 13.8 Å². The van der Waals surface area contributed by atoms with E-state index in [-0.39, 0.29) is 17.2 Å². The summed E-state index contributed by atoms with van der Waals surface area (Å²) in [6, 6.07) is 15.6. The number of aromatic nitrogens is 2. The third kappa shape index (κ3) is 3.85. The molecular formula is C23H23N3O3S. The Bertz CT molecular complexity index is 1140. The van der Waals surface area contributed by atoms with E-state index in [0.717, 1.165) is 11.3 Å². The van der Waals surface area contributed by atoms with Crippen molar-refractivity contribution in [3.63, 3.8) is 0 Å². The fourth-order valence-electron chi connectivity index (χ4n) is 3.45. The highest BCUT2D eigenvalue weighted by Crippen LogP contribution is 2.33. The molecule has 1 atom stereocenters. The quantitative estimate of drug-likeness (QED) is 0.648. The van der Waals surface area contributed by atoms with E-state index in [2.05, 4.69) is 10.4 Å². The van der Waals surface area contributed by atoms with Crippen molar-refractivity contribution in [2.24, 2.45) is 0 Å². The van der Waals surface area contributed by atoms with Gasteiger partial charge in [-0.15, -0.1) is 0 Å². The summed E-state index contributed by atoms with van der Waals surface area (Å²) < 4.78 is 13.8. The number of nitrogens with zero attached hydrogens (tertiary/aromatic N) is 2. The first-order chi connectivity index (χ1) is 14.2. The van der Waals surface area contributed by atoms with Crippen LogP contribution in [0, 0.1) is 0 Å². The van der Waals surface area contributed by atoms with Gasteiger partial charge in [0.2, 0.25) is 0 Å². The van der Waals surface area contributed by atoms with E-state index in [1.807, 2.05) is 39.0 Å². The highest BCUT2D eigenvalue weighted by atomic mass is 32.2. The Hall–Kier alpha value is -3.06. The lowest BCUT2D eigenvalue weighted by Crippen LogP contribution is -2.27. The number of carbonyl (C=O) groups is 2. The van der Waals surface area contributed by atoms with Gasteiger partial charge in [-0.2, -0.15) is 5.10 Å². The van der Waals surface area contributed by atoms with Gasteiger partial charge >= 0.3 is 0 Å². The number of hydrogen-bond donors (Lipinski definition) is 1. The molecule has 2 aromatic carbocycles. The summed E-state index contributed by atoms with van der Waals surface area (Å²) in [5, 5.41) is 7.55. The third-order valence-corrected chi connectivity index (χ3v) is 6.19. The minimum atomic E-state index is -0.984. The van der Waals surface area contributed by atoms with Crippen molar-refractivity contribution >= 4 is 28.3 Å². The molecule has 1 aliphatic rings. The normalized spacial score (nSPS) is 15.6. The molecule has 0 bridgehead atoms. The molecule has 0 fully saturated rings. The topological polar surface area (TPSA) is 81.1 Å². The first kappa shape index (κ1) is 20.2. The van der Waals surface area contributed by atoms with Crippen LogP contribution in [-0.2, 0) is 27.8 Å². The molecule has 1 aromatic heterocycles. The molecule has 3 aromatic rings. The second kappa shape index (κ2) is 7.65. The van der Waals surface area contributed by atoms with Crippen LogP contribution in [0.5, 0.6) is 0 Å². The molecule has 6 nitrogen and oxygen atoms in total. The third-order valence-electron chi connectivity index (χ3n) is 4.98. The van der Waals surface area contributed by atoms with E-state index in [4.69, 9.17) is 0 Å². The summed E-state index contributed by atoms with van der Waals surface area (Å²) in [4.78, 5) is 25.5. The molecule has 1 aliphatic heterocycles. The number of ketones is 1. The maximum Gasteiger partial charge on any atom is 0.256 e. The van der Waals surface area contributed by atoms with Crippen molar-refractivity contribution in [3.05, 3.63) is 82.5 Å². The summed E-state index contributed by atoms with van der Waals surface area (Å²) >= 11 is 0. The van der Waals surface area contributed by atoms with Crippen LogP contribution < -0.4 is 5.32 Å². The lowest BCUT2D eigenvalue weighted by atomic mass is 10.0. The van der Waals surface area contributed by atoms with Crippen LogP contribution in [0.1, 0.15) is 58.3 Å². The lowest BCUT2D eigenvalue weighted by Gasteiger charge is -2.23. The predicted molar refractivity (Wildman–Crippen MR) is 117 cm³/mol. The van der Waals surface area contributed by atoms with E-state index in [1.165, 1.54) is 0 Å². The van der Waals surface area contributed by atoms with Crippen molar-refractivity contribution in [1.29, 1.82) is 0 Å². The lowest BCUT2D eigenvalue weighted by molar-refractivity contribution is 0.101. The van der Waals surface area contributed by atoms with E-state index in [1.54, 1.807) is 41.1 Å². The number of benzene rings is 2. The minimum absolute atomic E-state index is 0.0892. The maximum atomic E-state index is 12.9. The van der Waals surface area contributed by atoms with Crippen LogP contribution in [-0.4, -0.2) is 25.7 Å². The molecule has 4 rings (SSSR count). The van der Waals surface area contributed by atoms with Crippen LogP contribution in [0.15, 0.2) is 54.6 Å². The number of rotatable bonds is 4. The van der Waals surface area contributed by atoms with E-state index in [9.17, 15) is 13.8 Å². The smallest absolute Gasteiger partial charge is 0.256 e. The zero-order chi connectivity index (χ0) is 21.5. The Morgan fingerprint density at radius 3 is 2.17 bits per heavy atom. The number of nitrogens with one attached hydrogen (secondary N) is 1. The van der Waals surface area contributed by atoms with E-state index in [0.29, 0.717) is 34.0 Å². The molecule has 0 radical (unpaired) electrons. The number of hydrogen-bond acceptors (Lipinski definition) is 4. The van der Waals surface area contributed by atoms with Crippen molar-refractivity contribution < 1.29 is 13.8 Å². The summed E-state index contributed by atoms with van der Waals surface area (Å²) in [7, 11) is -0.984. The molecule has 154 valence electrons. The van der Waals surface area contributed by atoms with Crippen LogP contribution in [0.25, 0.3) is 0 Å². The van der Waals surface area contributed by atoms with Gasteiger partial charge in [0.05, 0.1) is 22.7 Å². The number of amides is 1. The van der Waals surface area contributed by atoms with Gasteiger partial charge in [0.15, 0.2) is 5.78 Å². The average molecular weight is 422 g/mol. The summed E-state index contributed by atoms with van der Waals surface area (Å²) in [5.41, 5.74) is 2.85. The molecule has 0 spiro atoms. The first-order valence-electron chi connectivity index (χ1n) is 9.71. The largest absolute Gasteiger partial charge is 0.306 e. The Morgan fingerprint density at radius 1 is 0.933 bits per heavy atom. The predicted octanol–water partition coefficient (Wildman–Crippen LogP) is 3.88. The van der Waals surface area contributed by atoms with Gasteiger partial charge in [-0.05, 0) is 32.9 Å². The van der Waals surface area contributed by atoms with Gasteiger partial charge in [-0.25, -0.2) is 4.68 Å². The van der Waals surface area contributed by atoms with Gasteiger partial charge in [-0.1, -0.05) is 42.5 Å². The molecule has 1 N–H and O–H groups in total. The van der Waals surface area contributed by atoms with Gasteiger partial charge in [0.25, 0.3) is 5.91 Å². The summed E-state index contributed by atoms with van der Waals surface area (Å²) in [6.07, 6.45) is 0. The number of anilines is 1. The Balaban J connectivity index is 1.58. The molecule has 1 unspecified atom stereocenters. The molecule has 0 saturated heterocycles. The van der Waals surface area contributed by atoms with Crippen molar-refractivity contribution in [1.82, 2.24) is 9.78 Å². The molecule has 1 amide bonds. The zero-order valence-corrected chi connectivity index (χ0v) is 18.0.